The number of methoxy groups -OCH3 is 1. The molecule has 0 saturated carbocycles. The van der Waals surface area contributed by atoms with Gasteiger partial charge in [0.25, 0.3) is 0 Å². The van der Waals surface area contributed by atoms with Gasteiger partial charge in [-0.25, -0.2) is 0 Å². The van der Waals surface area contributed by atoms with Gasteiger partial charge in [-0.05, 0) is 12.1 Å². The lowest BCUT2D eigenvalue weighted by atomic mass is 10.1. The average Bonchev–Trinajstić information content (AvgIpc) is 2.35. The van der Waals surface area contributed by atoms with Gasteiger partial charge in [0, 0.05) is 31.3 Å². The summed E-state index contributed by atoms with van der Waals surface area (Å²) in [5.41, 5.74) is 8.67. The summed E-state index contributed by atoms with van der Waals surface area (Å²) in [5, 5.41) is 4.26. The number of para-hydroxylation sites is 1. The van der Waals surface area contributed by atoms with Crippen LogP contribution in [0, 0.1) is 0 Å². The summed E-state index contributed by atoms with van der Waals surface area (Å²) in [5.74, 6) is 0. The minimum Gasteiger partial charge on any atom is -0.398 e. The number of aromatic nitrogens is 1. The van der Waals surface area contributed by atoms with Crippen LogP contribution in [0.5, 0.6) is 0 Å². The number of fused-ring (bicyclic) bond motifs is 1. The molecule has 90 valence electrons. The molecule has 0 aliphatic heterocycles. The maximum atomic E-state index is 5.99. The van der Waals surface area contributed by atoms with E-state index in [0.29, 0.717) is 13.2 Å². The minimum atomic E-state index is 0.697. The number of ether oxygens (including phenoxy) is 1. The number of benzene rings is 1. The van der Waals surface area contributed by atoms with Crippen molar-refractivity contribution in [2.24, 2.45) is 0 Å². The van der Waals surface area contributed by atoms with Crippen LogP contribution < -0.4 is 11.1 Å². The highest BCUT2D eigenvalue weighted by molar-refractivity contribution is 5.90. The van der Waals surface area contributed by atoms with Crippen molar-refractivity contribution in [3.05, 3.63) is 36.0 Å². The fourth-order valence-electron chi connectivity index (χ4n) is 1.74. The highest BCUT2D eigenvalue weighted by atomic mass is 16.5. The molecule has 0 radical (unpaired) electrons. The van der Waals surface area contributed by atoms with Crippen molar-refractivity contribution in [2.45, 2.75) is 6.54 Å². The van der Waals surface area contributed by atoms with E-state index in [1.54, 1.807) is 7.11 Å². The first-order chi connectivity index (χ1) is 8.31. The molecule has 4 heteroatoms. The molecule has 0 bridgehead atoms. The van der Waals surface area contributed by atoms with Gasteiger partial charge < -0.3 is 15.8 Å². The number of pyridine rings is 1. The Morgan fingerprint density at radius 3 is 3.00 bits per heavy atom. The van der Waals surface area contributed by atoms with Crippen molar-refractivity contribution in [3.63, 3.8) is 0 Å². The molecular weight excluding hydrogens is 214 g/mol. The van der Waals surface area contributed by atoms with Gasteiger partial charge in [-0.1, -0.05) is 18.2 Å². The first-order valence-corrected chi connectivity index (χ1v) is 5.65. The molecule has 2 rings (SSSR count). The van der Waals surface area contributed by atoms with Gasteiger partial charge in [-0.2, -0.15) is 0 Å². The van der Waals surface area contributed by atoms with Crippen molar-refractivity contribution in [3.8, 4) is 0 Å². The zero-order chi connectivity index (χ0) is 12.1. The normalized spacial score (nSPS) is 10.9. The van der Waals surface area contributed by atoms with E-state index >= 15 is 0 Å². The number of nitrogens with two attached hydrogens (primary N) is 1. The van der Waals surface area contributed by atoms with Gasteiger partial charge in [0.05, 0.1) is 17.8 Å². The summed E-state index contributed by atoms with van der Waals surface area (Å²) in [6, 6.07) is 9.82. The quantitative estimate of drug-likeness (QED) is 0.766. The standard InChI is InChI=1S/C13H17N3O/c1-17-7-6-15-9-10-8-12(14)11-4-2-3-5-13(11)16-10/h2-5,8,15H,6-7,9H2,1H3,(H2,14,16). The van der Waals surface area contributed by atoms with Crippen molar-refractivity contribution in [2.75, 3.05) is 26.0 Å². The van der Waals surface area contributed by atoms with Crippen molar-refractivity contribution >= 4 is 16.6 Å². The molecule has 0 spiro atoms. The predicted molar refractivity (Wildman–Crippen MR) is 69.7 cm³/mol. The van der Waals surface area contributed by atoms with Crippen molar-refractivity contribution in [1.29, 1.82) is 0 Å². The molecule has 0 amide bonds. The zero-order valence-electron chi connectivity index (χ0n) is 9.94. The maximum absolute atomic E-state index is 5.99. The number of nitrogens with zero attached hydrogens (tertiary/aromatic N) is 1. The van der Waals surface area contributed by atoms with Crippen LogP contribution in [0.3, 0.4) is 0 Å². The summed E-state index contributed by atoms with van der Waals surface area (Å²) in [7, 11) is 1.69. The highest BCUT2D eigenvalue weighted by Gasteiger charge is 2.02. The summed E-state index contributed by atoms with van der Waals surface area (Å²) in [6.45, 7) is 2.21. The van der Waals surface area contributed by atoms with Crippen molar-refractivity contribution in [1.82, 2.24) is 10.3 Å². The van der Waals surface area contributed by atoms with E-state index in [-0.39, 0.29) is 0 Å². The molecule has 4 nitrogen and oxygen atoms in total. The molecule has 0 saturated heterocycles. The second-order valence-corrected chi connectivity index (χ2v) is 3.89. The van der Waals surface area contributed by atoms with E-state index in [9.17, 15) is 0 Å². The molecule has 0 aliphatic rings. The molecule has 0 fully saturated rings. The van der Waals surface area contributed by atoms with Crippen LogP contribution in [0.1, 0.15) is 5.69 Å². The van der Waals surface area contributed by atoms with Crippen LogP contribution in [0.2, 0.25) is 0 Å². The van der Waals surface area contributed by atoms with Gasteiger partial charge >= 0.3 is 0 Å². The van der Waals surface area contributed by atoms with Gasteiger partial charge in [0.15, 0.2) is 0 Å². The number of nitrogen functional groups attached to an aromatic ring is 1. The Morgan fingerprint density at radius 2 is 2.18 bits per heavy atom. The Kier molecular flexibility index (Phi) is 3.90. The van der Waals surface area contributed by atoms with Crippen LogP contribution in [0.15, 0.2) is 30.3 Å². The Labute approximate surface area is 101 Å². The lowest BCUT2D eigenvalue weighted by molar-refractivity contribution is 0.199. The van der Waals surface area contributed by atoms with Crippen molar-refractivity contribution < 1.29 is 4.74 Å². The predicted octanol–water partition coefficient (Wildman–Crippen LogP) is 1.55. The van der Waals surface area contributed by atoms with Crippen LogP contribution in [0.25, 0.3) is 10.9 Å². The highest BCUT2D eigenvalue weighted by Crippen LogP contribution is 2.19. The number of hydrogen-bond acceptors (Lipinski definition) is 4. The third kappa shape index (κ3) is 2.93. The SMILES string of the molecule is COCCNCc1cc(N)c2ccccc2n1. The molecule has 1 aromatic heterocycles. The minimum absolute atomic E-state index is 0.697. The Balaban J connectivity index is 2.13. The molecule has 0 unspecified atom stereocenters. The first-order valence-electron chi connectivity index (χ1n) is 5.65. The number of anilines is 1. The lowest BCUT2D eigenvalue weighted by Crippen LogP contribution is -2.19. The van der Waals surface area contributed by atoms with Crippen LogP contribution >= 0.6 is 0 Å². The van der Waals surface area contributed by atoms with Gasteiger partial charge in [-0.3, -0.25) is 4.98 Å². The Hall–Kier alpha value is -1.65. The Bertz CT molecular complexity index is 499. The Morgan fingerprint density at radius 1 is 1.35 bits per heavy atom. The molecule has 1 heterocycles. The smallest absolute Gasteiger partial charge is 0.0726 e. The fourth-order valence-corrected chi connectivity index (χ4v) is 1.74. The zero-order valence-corrected chi connectivity index (χ0v) is 9.94. The molecule has 2 aromatic rings. The van der Waals surface area contributed by atoms with Crippen LogP contribution in [-0.4, -0.2) is 25.2 Å². The van der Waals surface area contributed by atoms with Gasteiger partial charge in [0.1, 0.15) is 0 Å². The second-order valence-electron chi connectivity index (χ2n) is 3.89. The van der Waals surface area contributed by atoms with E-state index in [2.05, 4.69) is 10.3 Å². The van der Waals surface area contributed by atoms with E-state index in [1.807, 2.05) is 30.3 Å². The monoisotopic (exact) mass is 231 g/mol. The molecule has 17 heavy (non-hydrogen) atoms. The van der Waals surface area contributed by atoms with Crippen LogP contribution in [0.4, 0.5) is 5.69 Å². The van der Waals surface area contributed by atoms with Gasteiger partial charge in [0.2, 0.25) is 0 Å². The fraction of sp³-hybridized carbons (Fsp3) is 0.308. The summed E-state index contributed by atoms with van der Waals surface area (Å²) in [6.07, 6.45) is 0. The average molecular weight is 231 g/mol. The number of hydrogen-bond donors (Lipinski definition) is 2. The number of nitrogens with one attached hydrogen (secondary N) is 1. The van der Waals surface area contributed by atoms with E-state index in [1.165, 1.54) is 0 Å². The maximum Gasteiger partial charge on any atom is 0.0726 e. The molecular formula is C13H17N3O. The second kappa shape index (κ2) is 5.61. The first kappa shape index (κ1) is 11.8. The number of rotatable bonds is 5. The van der Waals surface area contributed by atoms with E-state index in [0.717, 1.165) is 28.8 Å². The summed E-state index contributed by atoms with van der Waals surface area (Å²) < 4.78 is 4.97. The molecule has 0 atom stereocenters. The van der Waals surface area contributed by atoms with E-state index in [4.69, 9.17) is 10.5 Å². The molecule has 0 aliphatic carbocycles. The lowest BCUT2D eigenvalue weighted by Gasteiger charge is -2.07. The topological polar surface area (TPSA) is 60.2 Å². The third-order valence-electron chi connectivity index (χ3n) is 2.59. The van der Waals surface area contributed by atoms with Gasteiger partial charge in [-0.15, -0.1) is 0 Å². The third-order valence-corrected chi connectivity index (χ3v) is 2.59. The largest absolute Gasteiger partial charge is 0.398 e. The van der Waals surface area contributed by atoms with E-state index < -0.39 is 0 Å². The summed E-state index contributed by atoms with van der Waals surface area (Å²) >= 11 is 0. The molecule has 1 aromatic carbocycles. The molecule has 3 N–H and O–H groups in total. The van der Waals surface area contributed by atoms with Crippen LogP contribution in [-0.2, 0) is 11.3 Å². The summed E-state index contributed by atoms with van der Waals surface area (Å²) in [4.78, 5) is 4.55.